The Morgan fingerprint density at radius 2 is 2.06 bits per heavy atom. The van der Waals surface area contributed by atoms with E-state index in [4.69, 9.17) is 11.6 Å². The average molecular weight is 270 g/mol. The molecule has 0 atom stereocenters. The minimum atomic E-state index is -0.933. The molecule has 100 valence electrons. The van der Waals surface area contributed by atoms with Crippen LogP contribution in [0.25, 0.3) is 0 Å². The quantitative estimate of drug-likeness (QED) is 0.883. The van der Waals surface area contributed by atoms with Crippen LogP contribution in [0.3, 0.4) is 0 Å². The molecule has 0 radical (unpaired) electrons. The molecule has 0 spiro atoms. The molecule has 0 aliphatic heterocycles. The molecule has 1 aromatic rings. The lowest BCUT2D eigenvalue weighted by Gasteiger charge is -2.27. The highest BCUT2D eigenvalue weighted by Crippen LogP contribution is 2.28. The zero-order valence-corrected chi connectivity index (χ0v) is 12.1. The second-order valence-corrected chi connectivity index (χ2v) is 5.27. The van der Waals surface area contributed by atoms with Crippen molar-refractivity contribution in [1.82, 2.24) is 0 Å². The summed E-state index contributed by atoms with van der Waals surface area (Å²) in [6.07, 6.45) is 0. The number of halogens is 1. The Bertz CT molecular complexity index is 444. The fraction of sp³-hybridized carbons (Fsp3) is 0.500. The van der Waals surface area contributed by atoms with Crippen LogP contribution in [0.2, 0.25) is 5.02 Å². The Hall–Kier alpha value is -1.22. The summed E-state index contributed by atoms with van der Waals surface area (Å²) in [4.78, 5) is 13.3. The van der Waals surface area contributed by atoms with Gasteiger partial charge in [-0.05, 0) is 37.5 Å². The number of hydrogen-bond donors (Lipinski definition) is 1. The topological polar surface area (TPSA) is 40.5 Å². The third-order valence-electron chi connectivity index (χ3n) is 2.88. The minimum absolute atomic E-state index is 0.278. The van der Waals surface area contributed by atoms with E-state index in [9.17, 15) is 9.90 Å². The lowest BCUT2D eigenvalue weighted by Crippen LogP contribution is -2.28. The van der Waals surface area contributed by atoms with E-state index in [1.807, 2.05) is 13.0 Å². The van der Waals surface area contributed by atoms with Gasteiger partial charge in [0.15, 0.2) is 0 Å². The van der Waals surface area contributed by atoms with Crippen molar-refractivity contribution in [1.29, 1.82) is 0 Å². The normalized spacial score (nSPS) is 10.8. The van der Waals surface area contributed by atoms with Gasteiger partial charge in [0.1, 0.15) is 0 Å². The van der Waals surface area contributed by atoms with Crippen LogP contribution in [0.15, 0.2) is 12.1 Å². The number of carboxylic acids is 1. The predicted octanol–water partition coefficient (Wildman–Crippen LogP) is 3.83. The van der Waals surface area contributed by atoms with Crippen LogP contribution in [0.1, 0.15) is 36.7 Å². The molecule has 0 fully saturated rings. The molecule has 0 amide bonds. The van der Waals surface area contributed by atoms with Gasteiger partial charge >= 0.3 is 5.97 Å². The molecule has 4 heteroatoms. The van der Waals surface area contributed by atoms with E-state index in [0.717, 1.165) is 24.3 Å². The van der Waals surface area contributed by atoms with Gasteiger partial charge in [-0.3, -0.25) is 0 Å². The van der Waals surface area contributed by atoms with E-state index in [2.05, 4.69) is 25.7 Å². The molecule has 1 rings (SSSR count). The van der Waals surface area contributed by atoms with E-state index < -0.39 is 5.97 Å². The molecule has 0 aromatic heterocycles. The van der Waals surface area contributed by atoms with Gasteiger partial charge in [-0.2, -0.15) is 0 Å². The fourth-order valence-electron chi connectivity index (χ4n) is 2.05. The van der Waals surface area contributed by atoms with Crippen molar-refractivity contribution >= 4 is 23.3 Å². The maximum absolute atomic E-state index is 11.2. The van der Waals surface area contributed by atoms with Gasteiger partial charge in [0, 0.05) is 23.8 Å². The molecule has 3 nitrogen and oxygen atoms in total. The Morgan fingerprint density at radius 3 is 2.50 bits per heavy atom. The first kappa shape index (κ1) is 14.8. The summed E-state index contributed by atoms with van der Waals surface area (Å²) in [6.45, 7) is 9.89. The molecule has 1 N–H and O–H groups in total. The maximum Gasteiger partial charge on any atom is 0.336 e. The molecule has 0 heterocycles. The van der Waals surface area contributed by atoms with Gasteiger partial charge in [-0.15, -0.1) is 0 Å². The molecule has 0 saturated heterocycles. The van der Waals surface area contributed by atoms with Crippen molar-refractivity contribution in [2.24, 2.45) is 5.92 Å². The number of anilines is 1. The fourth-order valence-corrected chi connectivity index (χ4v) is 2.27. The Morgan fingerprint density at radius 1 is 1.44 bits per heavy atom. The Balaban J connectivity index is 3.25. The monoisotopic (exact) mass is 269 g/mol. The van der Waals surface area contributed by atoms with Crippen molar-refractivity contribution in [3.63, 3.8) is 0 Å². The summed E-state index contributed by atoms with van der Waals surface area (Å²) in [7, 11) is 0. The van der Waals surface area contributed by atoms with E-state index in [1.165, 1.54) is 6.07 Å². The number of nitrogens with zero attached hydrogens (tertiary/aromatic N) is 1. The molecule has 0 saturated carbocycles. The molecule has 0 unspecified atom stereocenters. The average Bonchev–Trinajstić information content (AvgIpc) is 2.28. The summed E-state index contributed by atoms with van der Waals surface area (Å²) in [5, 5.41) is 9.64. The molecule has 1 aromatic carbocycles. The zero-order chi connectivity index (χ0) is 13.9. The van der Waals surface area contributed by atoms with Crippen molar-refractivity contribution in [3.8, 4) is 0 Å². The van der Waals surface area contributed by atoms with E-state index in [-0.39, 0.29) is 5.56 Å². The lowest BCUT2D eigenvalue weighted by molar-refractivity contribution is 0.0696. The third kappa shape index (κ3) is 3.39. The summed E-state index contributed by atoms with van der Waals surface area (Å²) in [5.74, 6) is -0.423. The van der Waals surface area contributed by atoms with E-state index in [0.29, 0.717) is 10.9 Å². The van der Waals surface area contributed by atoms with E-state index >= 15 is 0 Å². The molecule has 18 heavy (non-hydrogen) atoms. The number of benzene rings is 1. The number of hydrogen-bond acceptors (Lipinski definition) is 2. The number of carboxylic acid groups (broad SMARTS) is 1. The van der Waals surface area contributed by atoms with Gasteiger partial charge in [0.25, 0.3) is 0 Å². The Labute approximate surface area is 113 Å². The van der Waals surface area contributed by atoms with Crippen LogP contribution in [0.4, 0.5) is 5.69 Å². The van der Waals surface area contributed by atoms with Crippen LogP contribution in [-0.2, 0) is 0 Å². The highest BCUT2D eigenvalue weighted by molar-refractivity contribution is 6.31. The van der Waals surface area contributed by atoms with Gasteiger partial charge in [-0.25, -0.2) is 4.79 Å². The van der Waals surface area contributed by atoms with Gasteiger partial charge in [-0.1, -0.05) is 25.4 Å². The largest absolute Gasteiger partial charge is 0.478 e. The first-order valence-corrected chi connectivity index (χ1v) is 6.53. The highest BCUT2D eigenvalue weighted by atomic mass is 35.5. The SMILES string of the molecule is CCN(CC(C)C)c1cc(Cl)cc(C(=O)O)c1C. The van der Waals surface area contributed by atoms with Crippen LogP contribution < -0.4 is 4.90 Å². The molecule has 0 aliphatic rings. The molecular weight excluding hydrogens is 250 g/mol. The summed E-state index contributed by atoms with van der Waals surface area (Å²) in [6, 6.07) is 3.35. The highest BCUT2D eigenvalue weighted by Gasteiger charge is 2.16. The van der Waals surface area contributed by atoms with Crippen LogP contribution >= 0.6 is 11.6 Å². The number of rotatable bonds is 5. The number of carbonyl (C=O) groups is 1. The maximum atomic E-state index is 11.2. The lowest BCUT2D eigenvalue weighted by atomic mass is 10.0. The molecular formula is C14H20ClNO2. The zero-order valence-electron chi connectivity index (χ0n) is 11.3. The standard InChI is InChI=1S/C14H20ClNO2/c1-5-16(8-9(2)3)13-7-11(15)6-12(10(13)4)14(17)18/h6-7,9H,5,8H2,1-4H3,(H,17,18). The summed E-state index contributed by atoms with van der Waals surface area (Å²) in [5.41, 5.74) is 1.96. The number of aromatic carboxylic acids is 1. The predicted molar refractivity (Wildman–Crippen MR) is 75.9 cm³/mol. The summed E-state index contributed by atoms with van der Waals surface area (Å²) < 4.78 is 0. The van der Waals surface area contributed by atoms with Crippen molar-refractivity contribution in [3.05, 3.63) is 28.3 Å². The molecule has 0 aliphatic carbocycles. The van der Waals surface area contributed by atoms with E-state index in [1.54, 1.807) is 0 Å². The van der Waals surface area contributed by atoms with Crippen molar-refractivity contribution in [2.75, 3.05) is 18.0 Å². The smallest absolute Gasteiger partial charge is 0.336 e. The first-order chi connectivity index (χ1) is 8.36. The van der Waals surface area contributed by atoms with Gasteiger partial charge in [0.05, 0.1) is 5.56 Å². The first-order valence-electron chi connectivity index (χ1n) is 6.15. The van der Waals surface area contributed by atoms with Crippen LogP contribution in [-0.4, -0.2) is 24.2 Å². The van der Waals surface area contributed by atoms with Gasteiger partial charge in [0.2, 0.25) is 0 Å². The van der Waals surface area contributed by atoms with Gasteiger partial charge < -0.3 is 10.0 Å². The minimum Gasteiger partial charge on any atom is -0.478 e. The second-order valence-electron chi connectivity index (χ2n) is 4.84. The van der Waals surface area contributed by atoms with Crippen LogP contribution in [0.5, 0.6) is 0 Å². The second kappa shape index (κ2) is 6.10. The van der Waals surface area contributed by atoms with Crippen molar-refractivity contribution < 1.29 is 9.90 Å². The van der Waals surface area contributed by atoms with Crippen molar-refractivity contribution in [2.45, 2.75) is 27.7 Å². The summed E-state index contributed by atoms with van der Waals surface area (Å²) >= 11 is 6.01. The van der Waals surface area contributed by atoms with Crippen LogP contribution in [0, 0.1) is 12.8 Å². The third-order valence-corrected chi connectivity index (χ3v) is 3.10. The molecule has 0 bridgehead atoms. The Kier molecular flexibility index (Phi) is 5.03.